The summed E-state index contributed by atoms with van der Waals surface area (Å²) in [5, 5.41) is 8.70. The number of amides is 2. The van der Waals surface area contributed by atoms with Gasteiger partial charge in [-0.1, -0.05) is 6.07 Å². The quantitative estimate of drug-likeness (QED) is 0.721. The third kappa shape index (κ3) is 5.40. The Bertz CT molecular complexity index is 776. The first kappa shape index (κ1) is 21.0. The zero-order valence-electron chi connectivity index (χ0n) is 16.7. The molecule has 0 aliphatic carbocycles. The zero-order valence-corrected chi connectivity index (χ0v) is 18.3. The van der Waals surface area contributed by atoms with E-state index >= 15 is 0 Å². The van der Waals surface area contributed by atoms with Crippen molar-refractivity contribution in [2.45, 2.75) is 46.1 Å². The number of aromatic nitrogens is 1. The predicted molar refractivity (Wildman–Crippen MR) is 115 cm³/mol. The second kappa shape index (κ2) is 9.62. The van der Waals surface area contributed by atoms with Gasteiger partial charge < -0.3 is 10.6 Å². The molecule has 1 aliphatic heterocycles. The van der Waals surface area contributed by atoms with Gasteiger partial charge in [0, 0.05) is 22.2 Å². The van der Waals surface area contributed by atoms with Gasteiger partial charge in [0.25, 0.3) is 0 Å². The summed E-state index contributed by atoms with van der Waals surface area (Å²) in [4.78, 5) is 33.9. The molecule has 0 bridgehead atoms. The number of aryl methyl sites for hydroxylation is 2. The Balaban J connectivity index is 1.40. The maximum absolute atomic E-state index is 12.5. The van der Waals surface area contributed by atoms with E-state index in [4.69, 9.17) is 0 Å². The van der Waals surface area contributed by atoms with Crippen molar-refractivity contribution >= 4 is 39.6 Å². The number of hydrogen-bond acceptors (Lipinski definition) is 6. The summed E-state index contributed by atoms with van der Waals surface area (Å²) in [7, 11) is 0. The molecule has 0 aromatic carbocycles. The number of hydrogen-bond donors (Lipinski definition) is 2. The van der Waals surface area contributed by atoms with Crippen LogP contribution < -0.4 is 10.6 Å². The van der Waals surface area contributed by atoms with E-state index in [1.165, 1.54) is 16.2 Å². The minimum Gasteiger partial charge on any atom is -0.355 e. The Kier molecular flexibility index (Phi) is 7.20. The molecule has 2 aromatic rings. The van der Waals surface area contributed by atoms with Crippen molar-refractivity contribution in [2.24, 2.45) is 5.92 Å². The summed E-state index contributed by atoms with van der Waals surface area (Å²) in [5.41, 5.74) is 0.957. The monoisotopic (exact) mass is 420 g/mol. The standard InChI is InChI=1S/C20H28N4O2S2/c1-13-15(3)28-20(22-13)23-18(25)14(2)24-10-7-16(8-11-24)19(26)21-9-6-17-5-4-12-27-17/h4-5,12,14,16H,6-11H2,1-3H3,(H,21,26)(H,22,23,25). The molecule has 2 aromatic heterocycles. The minimum atomic E-state index is -0.229. The molecule has 1 atom stereocenters. The van der Waals surface area contributed by atoms with Crippen molar-refractivity contribution < 1.29 is 9.59 Å². The minimum absolute atomic E-state index is 0.0346. The molecule has 1 saturated heterocycles. The van der Waals surface area contributed by atoms with E-state index in [-0.39, 0.29) is 23.8 Å². The summed E-state index contributed by atoms with van der Waals surface area (Å²) in [6.07, 6.45) is 2.46. The highest BCUT2D eigenvalue weighted by Crippen LogP contribution is 2.23. The summed E-state index contributed by atoms with van der Waals surface area (Å²) in [6, 6.07) is 3.90. The third-order valence-electron chi connectivity index (χ3n) is 5.34. The topological polar surface area (TPSA) is 74.3 Å². The number of nitrogens with zero attached hydrogens (tertiary/aromatic N) is 2. The largest absolute Gasteiger partial charge is 0.355 e. The first-order chi connectivity index (χ1) is 13.4. The van der Waals surface area contributed by atoms with Crippen LogP contribution in [0.2, 0.25) is 0 Å². The molecule has 1 aliphatic rings. The molecule has 1 unspecified atom stereocenters. The van der Waals surface area contributed by atoms with E-state index in [0.717, 1.165) is 42.9 Å². The predicted octanol–water partition coefficient (Wildman–Crippen LogP) is 3.22. The Morgan fingerprint density at radius 3 is 2.68 bits per heavy atom. The smallest absolute Gasteiger partial charge is 0.243 e. The maximum Gasteiger partial charge on any atom is 0.243 e. The number of thiophene rings is 1. The van der Waals surface area contributed by atoms with E-state index in [1.807, 2.05) is 26.8 Å². The fourth-order valence-electron chi connectivity index (χ4n) is 3.36. The number of carbonyl (C=O) groups is 2. The van der Waals surface area contributed by atoms with Crippen LogP contribution in [0.5, 0.6) is 0 Å². The van der Waals surface area contributed by atoms with E-state index in [9.17, 15) is 9.59 Å². The molecule has 1 fully saturated rings. The lowest BCUT2D eigenvalue weighted by molar-refractivity contribution is -0.127. The molecule has 0 spiro atoms. The Hall–Kier alpha value is -1.77. The maximum atomic E-state index is 12.5. The van der Waals surface area contributed by atoms with Crippen molar-refractivity contribution in [2.75, 3.05) is 25.0 Å². The number of nitrogens with one attached hydrogen (secondary N) is 2. The Morgan fingerprint density at radius 2 is 2.07 bits per heavy atom. The van der Waals surface area contributed by atoms with Gasteiger partial charge in [0.15, 0.2) is 5.13 Å². The summed E-state index contributed by atoms with van der Waals surface area (Å²) in [5.74, 6) is 0.147. The van der Waals surface area contributed by atoms with Crippen LogP contribution in [-0.4, -0.2) is 47.4 Å². The van der Waals surface area contributed by atoms with Crippen molar-refractivity contribution in [3.63, 3.8) is 0 Å². The summed E-state index contributed by atoms with van der Waals surface area (Å²) < 4.78 is 0. The SMILES string of the molecule is Cc1nc(NC(=O)C(C)N2CCC(C(=O)NCCc3cccs3)CC2)sc1C. The van der Waals surface area contributed by atoms with Gasteiger partial charge in [0.1, 0.15) is 0 Å². The van der Waals surface area contributed by atoms with Crippen molar-refractivity contribution in [3.05, 3.63) is 33.0 Å². The Labute approximate surface area is 174 Å². The van der Waals surface area contributed by atoms with Crippen molar-refractivity contribution in [3.8, 4) is 0 Å². The lowest BCUT2D eigenvalue weighted by atomic mass is 9.95. The summed E-state index contributed by atoms with van der Waals surface area (Å²) >= 11 is 3.22. The van der Waals surface area contributed by atoms with Gasteiger partial charge in [-0.25, -0.2) is 4.98 Å². The normalized spacial score (nSPS) is 16.7. The van der Waals surface area contributed by atoms with Crippen LogP contribution in [0.25, 0.3) is 0 Å². The molecule has 28 heavy (non-hydrogen) atoms. The van der Waals surface area contributed by atoms with Gasteiger partial charge >= 0.3 is 0 Å². The lowest BCUT2D eigenvalue weighted by Gasteiger charge is -2.34. The molecule has 2 amide bonds. The number of piperidine rings is 1. The van der Waals surface area contributed by atoms with Gasteiger partial charge in [0.05, 0.1) is 11.7 Å². The van der Waals surface area contributed by atoms with E-state index in [1.54, 1.807) is 11.3 Å². The van der Waals surface area contributed by atoms with Crippen LogP contribution in [-0.2, 0) is 16.0 Å². The van der Waals surface area contributed by atoms with E-state index < -0.39 is 0 Å². The van der Waals surface area contributed by atoms with Crippen molar-refractivity contribution in [1.82, 2.24) is 15.2 Å². The molecule has 8 heteroatoms. The molecular weight excluding hydrogens is 392 g/mol. The van der Waals surface area contributed by atoms with Crippen molar-refractivity contribution in [1.29, 1.82) is 0 Å². The van der Waals surface area contributed by atoms with Crippen LogP contribution in [0.1, 0.15) is 35.2 Å². The van der Waals surface area contributed by atoms with Crippen LogP contribution in [0, 0.1) is 19.8 Å². The molecule has 3 rings (SSSR count). The molecule has 152 valence electrons. The van der Waals surface area contributed by atoms with Crippen LogP contribution in [0.4, 0.5) is 5.13 Å². The highest BCUT2D eigenvalue weighted by Gasteiger charge is 2.30. The van der Waals surface area contributed by atoms with Crippen LogP contribution in [0.3, 0.4) is 0 Å². The average Bonchev–Trinajstić information content (AvgIpc) is 3.31. The van der Waals surface area contributed by atoms with Gasteiger partial charge in [-0.3, -0.25) is 14.5 Å². The molecular formula is C20H28N4O2S2. The van der Waals surface area contributed by atoms with E-state index in [2.05, 4.69) is 32.0 Å². The molecule has 6 nitrogen and oxygen atoms in total. The second-order valence-electron chi connectivity index (χ2n) is 7.26. The molecule has 2 N–H and O–H groups in total. The molecule has 3 heterocycles. The van der Waals surface area contributed by atoms with E-state index in [0.29, 0.717) is 11.7 Å². The second-order valence-corrected chi connectivity index (χ2v) is 9.49. The van der Waals surface area contributed by atoms with Gasteiger partial charge in [-0.05, 0) is 64.6 Å². The number of carbonyl (C=O) groups excluding carboxylic acids is 2. The van der Waals surface area contributed by atoms with Gasteiger partial charge in [-0.2, -0.15) is 0 Å². The number of likely N-dealkylation sites (tertiary alicyclic amines) is 1. The van der Waals surface area contributed by atoms with Crippen LogP contribution in [0.15, 0.2) is 17.5 Å². The number of thiazole rings is 1. The fraction of sp³-hybridized carbons (Fsp3) is 0.550. The highest BCUT2D eigenvalue weighted by atomic mass is 32.1. The lowest BCUT2D eigenvalue weighted by Crippen LogP contribution is -2.48. The number of anilines is 1. The van der Waals surface area contributed by atoms with Gasteiger partial charge in [0.2, 0.25) is 11.8 Å². The number of rotatable bonds is 7. The third-order valence-corrected chi connectivity index (χ3v) is 7.26. The Morgan fingerprint density at radius 1 is 1.32 bits per heavy atom. The molecule has 0 radical (unpaired) electrons. The highest BCUT2D eigenvalue weighted by molar-refractivity contribution is 7.15. The van der Waals surface area contributed by atoms with Gasteiger partial charge in [-0.15, -0.1) is 22.7 Å². The molecule has 0 saturated carbocycles. The zero-order chi connectivity index (χ0) is 20.1. The first-order valence-electron chi connectivity index (χ1n) is 9.73. The first-order valence-corrected chi connectivity index (χ1v) is 11.4. The van der Waals surface area contributed by atoms with Crippen LogP contribution >= 0.6 is 22.7 Å². The average molecular weight is 421 g/mol. The fourth-order valence-corrected chi connectivity index (χ4v) is 4.89. The summed E-state index contributed by atoms with van der Waals surface area (Å²) in [6.45, 7) is 8.07.